The number of nitrogens with one attached hydrogen (secondary N) is 1. The maximum Gasteiger partial charge on any atom is 0.534 e. The van der Waals surface area contributed by atoms with Gasteiger partial charge in [-0.25, -0.2) is 0 Å². The minimum atomic E-state index is -5.85. The molecule has 13 heteroatoms. The fourth-order valence-electron chi connectivity index (χ4n) is 3.90. The Balaban J connectivity index is 1.46. The highest BCUT2D eigenvalue weighted by Crippen LogP contribution is 2.33. The highest BCUT2D eigenvalue weighted by molar-refractivity contribution is 7.88. The number of benzene rings is 3. The standard InChI is InChI=1S/C24H20F3N5O4S/c1-31-21-13-16(9-12-19(21)23(30-31)36-37(33,34)24(25,26)27)28-22-18-5-3-4-6-20(18)32(29-22)14-15-7-10-17(35-2)11-8-15/h3-13H,14H2,1-2H3,(H,28,29). The second kappa shape index (κ2) is 9.00. The number of hydrogen-bond acceptors (Lipinski definition) is 7. The molecule has 0 aliphatic rings. The highest BCUT2D eigenvalue weighted by Gasteiger charge is 2.49. The van der Waals surface area contributed by atoms with Crippen LogP contribution in [0.25, 0.3) is 21.8 Å². The van der Waals surface area contributed by atoms with Crippen molar-refractivity contribution >= 4 is 43.4 Å². The number of halogens is 3. The van der Waals surface area contributed by atoms with Crippen molar-refractivity contribution in [3.63, 3.8) is 0 Å². The van der Waals surface area contributed by atoms with Crippen LogP contribution in [0.5, 0.6) is 11.6 Å². The quantitative estimate of drug-likeness (QED) is 0.234. The van der Waals surface area contributed by atoms with Gasteiger partial charge in [0.15, 0.2) is 5.82 Å². The normalized spacial score (nSPS) is 12.2. The molecule has 0 atom stereocenters. The van der Waals surface area contributed by atoms with Gasteiger partial charge in [0, 0.05) is 18.1 Å². The van der Waals surface area contributed by atoms with Gasteiger partial charge in [-0.3, -0.25) is 9.36 Å². The van der Waals surface area contributed by atoms with E-state index in [0.29, 0.717) is 23.6 Å². The van der Waals surface area contributed by atoms with E-state index in [1.807, 2.05) is 53.2 Å². The summed E-state index contributed by atoms with van der Waals surface area (Å²) in [7, 11) is -2.77. The predicted octanol–water partition coefficient (Wildman–Crippen LogP) is 4.95. The van der Waals surface area contributed by atoms with Gasteiger partial charge in [-0.1, -0.05) is 24.3 Å². The smallest absolute Gasteiger partial charge is 0.497 e. The molecule has 5 aromatic rings. The number of alkyl halides is 3. The molecule has 0 radical (unpaired) electrons. The van der Waals surface area contributed by atoms with Gasteiger partial charge in [-0.05, 0) is 48.0 Å². The fraction of sp³-hybridized carbons (Fsp3) is 0.167. The zero-order valence-electron chi connectivity index (χ0n) is 19.5. The van der Waals surface area contributed by atoms with Crippen LogP contribution in [0.15, 0.2) is 66.7 Å². The van der Waals surface area contributed by atoms with Crippen molar-refractivity contribution in [2.45, 2.75) is 12.1 Å². The van der Waals surface area contributed by atoms with Gasteiger partial charge in [-0.2, -0.15) is 26.7 Å². The molecule has 2 heterocycles. The third-order valence-electron chi connectivity index (χ3n) is 5.70. The van der Waals surface area contributed by atoms with Gasteiger partial charge in [0.1, 0.15) is 5.75 Å². The Morgan fingerprint density at radius 3 is 2.38 bits per heavy atom. The number of aromatic nitrogens is 4. The molecule has 0 aliphatic heterocycles. The summed E-state index contributed by atoms with van der Waals surface area (Å²) in [6.45, 7) is 0.515. The third-order valence-corrected chi connectivity index (χ3v) is 6.65. The number of fused-ring (bicyclic) bond motifs is 2. The number of nitrogens with zero attached hydrogens (tertiary/aromatic N) is 4. The van der Waals surface area contributed by atoms with Crippen molar-refractivity contribution < 1.29 is 30.5 Å². The lowest BCUT2D eigenvalue weighted by atomic mass is 10.2. The number of anilines is 2. The summed E-state index contributed by atoms with van der Waals surface area (Å²) < 4.78 is 73.7. The van der Waals surface area contributed by atoms with E-state index in [4.69, 9.17) is 9.84 Å². The van der Waals surface area contributed by atoms with E-state index in [2.05, 4.69) is 14.6 Å². The van der Waals surface area contributed by atoms with E-state index in [9.17, 15) is 21.6 Å². The first kappa shape index (κ1) is 24.4. The number of methoxy groups -OCH3 is 1. The second-order valence-electron chi connectivity index (χ2n) is 8.14. The molecule has 0 unspecified atom stereocenters. The molecule has 0 aliphatic carbocycles. The molecule has 2 aromatic heterocycles. The lowest BCUT2D eigenvalue weighted by Gasteiger charge is -2.07. The Morgan fingerprint density at radius 1 is 0.946 bits per heavy atom. The number of aryl methyl sites for hydroxylation is 1. The first-order valence-electron chi connectivity index (χ1n) is 10.9. The lowest BCUT2D eigenvalue weighted by molar-refractivity contribution is -0.0501. The minimum Gasteiger partial charge on any atom is -0.497 e. The van der Waals surface area contributed by atoms with Gasteiger partial charge in [0.25, 0.3) is 5.88 Å². The van der Waals surface area contributed by atoms with Crippen molar-refractivity contribution in [1.82, 2.24) is 19.6 Å². The van der Waals surface area contributed by atoms with Gasteiger partial charge >= 0.3 is 15.6 Å². The SMILES string of the molecule is COc1ccc(Cn2nc(Nc3ccc4c(OS(=O)(=O)C(F)(F)F)nn(C)c4c3)c3ccccc32)cc1. The first-order chi connectivity index (χ1) is 17.6. The molecule has 1 N–H and O–H groups in total. The van der Waals surface area contributed by atoms with Gasteiger partial charge in [0.2, 0.25) is 0 Å². The van der Waals surface area contributed by atoms with E-state index in [-0.39, 0.29) is 5.39 Å². The van der Waals surface area contributed by atoms with Crippen LogP contribution in [-0.4, -0.2) is 40.6 Å². The molecule has 0 bridgehead atoms. The topological polar surface area (TPSA) is 100 Å². The van der Waals surface area contributed by atoms with Crippen LogP contribution < -0.4 is 14.2 Å². The molecule has 0 saturated carbocycles. The maximum absolute atomic E-state index is 12.8. The van der Waals surface area contributed by atoms with Crippen molar-refractivity contribution in [2.75, 3.05) is 12.4 Å². The molecule has 3 aromatic carbocycles. The Labute approximate surface area is 209 Å². The summed E-state index contributed by atoms with van der Waals surface area (Å²) in [5, 5.41) is 12.7. The van der Waals surface area contributed by atoms with Crippen molar-refractivity contribution in [3.8, 4) is 11.6 Å². The monoisotopic (exact) mass is 531 g/mol. The van der Waals surface area contributed by atoms with E-state index in [0.717, 1.165) is 22.2 Å². The van der Waals surface area contributed by atoms with Crippen LogP contribution in [0.1, 0.15) is 5.56 Å². The summed E-state index contributed by atoms with van der Waals surface area (Å²) in [5.74, 6) is 0.670. The summed E-state index contributed by atoms with van der Waals surface area (Å²) in [6, 6.07) is 20.0. The molecule has 5 rings (SSSR count). The summed E-state index contributed by atoms with van der Waals surface area (Å²) in [4.78, 5) is 0. The Kier molecular flexibility index (Phi) is 5.94. The summed E-state index contributed by atoms with van der Waals surface area (Å²) in [6.07, 6.45) is 0. The van der Waals surface area contributed by atoms with E-state index in [1.54, 1.807) is 19.2 Å². The number of para-hydroxylation sites is 1. The first-order valence-corrected chi connectivity index (χ1v) is 12.3. The van der Waals surface area contributed by atoms with Crippen LogP contribution in [0, 0.1) is 0 Å². The van der Waals surface area contributed by atoms with E-state index in [1.165, 1.54) is 17.8 Å². The van der Waals surface area contributed by atoms with Crippen LogP contribution in [-0.2, 0) is 23.7 Å². The predicted molar refractivity (Wildman–Crippen MR) is 131 cm³/mol. The molecule has 0 saturated heterocycles. The van der Waals surface area contributed by atoms with Crippen LogP contribution in [0.3, 0.4) is 0 Å². The highest BCUT2D eigenvalue weighted by atomic mass is 32.2. The molecular weight excluding hydrogens is 511 g/mol. The number of ether oxygens (including phenoxy) is 1. The van der Waals surface area contributed by atoms with Crippen molar-refractivity contribution in [1.29, 1.82) is 0 Å². The van der Waals surface area contributed by atoms with Crippen LogP contribution >= 0.6 is 0 Å². The largest absolute Gasteiger partial charge is 0.534 e. The van der Waals surface area contributed by atoms with Gasteiger partial charge < -0.3 is 14.2 Å². The van der Waals surface area contributed by atoms with Crippen LogP contribution in [0.2, 0.25) is 0 Å². The molecule has 0 spiro atoms. The van der Waals surface area contributed by atoms with Gasteiger partial charge in [0.05, 0.1) is 30.1 Å². The Morgan fingerprint density at radius 2 is 1.68 bits per heavy atom. The third kappa shape index (κ3) is 4.65. The average Bonchev–Trinajstić information content (AvgIpc) is 3.35. The van der Waals surface area contributed by atoms with Crippen LogP contribution in [0.4, 0.5) is 24.7 Å². The average molecular weight is 532 g/mol. The molecule has 192 valence electrons. The van der Waals surface area contributed by atoms with E-state index >= 15 is 0 Å². The Hall–Kier alpha value is -4.26. The van der Waals surface area contributed by atoms with Gasteiger partial charge in [-0.15, -0.1) is 5.10 Å². The molecule has 37 heavy (non-hydrogen) atoms. The van der Waals surface area contributed by atoms with Crippen molar-refractivity contribution in [2.24, 2.45) is 7.05 Å². The second-order valence-corrected chi connectivity index (χ2v) is 9.68. The summed E-state index contributed by atoms with van der Waals surface area (Å²) >= 11 is 0. The molecule has 0 amide bonds. The lowest BCUT2D eigenvalue weighted by Crippen LogP contribution is -2.28. The van der Waals surface area contributed by atoms with E-state index < -0.39 is 21.5 Å². The summed E-state index contributed by atoms with van der Waals surface area (Å²) in [5.41, 5.74) is -2.71. The molecule has 9 nitrogen and oxygen atoms in total. The zero-order valence-corrected chi connectivity index (χ0v) is 20.3. The minimum absolute atomic E-state index is 0.107. The molecule has 0 fully saturated rings. The van der Waals surface area contributed by atoms with Crippen molar-refractivity contribution in [3.05, 3.63) is 72.3 Å². The Bertz CT molecular complexity index is 1710. The molecular formula is C24H20F3N5O4S. The number of hydrogen-bond donors (Lipinski definition) is 1. The zero-order chi connectivity index (χ0) is 26.4. The fourth-order valence-corrected chi connectivity index (χ4v) is 4.32. The number of rotatable bonds is 7. The maximum atomic E-state index is 12.8.